The van der Waals surface area contributed by atoms with Crippen molar-refractivity contribution >= 4 is 23.2 Å². The fraction of sp³-hybridized carbons (Fsp3) is 0.625. The van der Waals surface area contributed by atoms with Crippen LogP contribution in [0.5, 0.6) is 0 Å². The highest BCUT2D eigenvalue weighted by molar-refractivity contribution is 6.42. The minimum atomic E-state index is -0.503. The third-order valence-corrected chi connectivity index (χ3v) is 5.47. The van der Waals surface area contributed by atoms with Crippen LogP contribution in [0.3, 0.4) is 0 Å². The number of hydrogen-bond acceptors (Lipinski definition) is 3. The van der Waals surface area contributed by atoms with Crippen LogP contribution in [0.4, 0.5) is 0 Å². The highest BCUT2D eigenvalue weighted by Crippen LogP contribution is 2.31. The summed E-state index contributed by atoms with van der Waals surface area (Å²) in [6, 6.07) is 5.56. The van der Waals surface area contributed by atoms with E-state index in [9.17, 15) is 5.11 Å². The van der Waals surface area contributed by atoms with E-state index in [1.54, 1.807) is 6.07 Å². The first-order valence-corrected chi connectivity index (χ1v) is 8.18. The summed E-state index contributed by atoms with van der Waals surface area (Å²) in [4.78, 5) is 2.32. The molecule has 1 saturated heterocycles. The molecule has 2 rings (SSSR count). The molecule has 0 radical (unpaired) electrons. The van der Waals surface area contributed by atoms with E-state index in [0.717, 1.165) is 38.3 Å². The average molecular weight is 332 g/mol. The Kier molecular flexibility index (Phi) is 5.92. The number of ether oxygens (including phenoxy) is 1. The SMILES string of the molecule is CCC(C)(C(O)Cc1cccc(Cl)c1Cl)N1CCOCC1. The van der Waals surface area contributed by atoms with Crippen molar-refractivity contribution in [2.75, 3.05) is 26.3 Å². The standard InChI is InChI=1S/C16H23Cl2NO2/c1-3-16(2,19-7-9-21-10-8-19)14(20)11-12-5-4-6-13(17)15(12)18/h4-6,14,20H,3,7-11H2,1-2H3. The van der Waals surface area contributed by atoms with Crippen LogP contribution in [-0.4, -0.2) is 48.0 Å². The molecule has 0 spiro atoms. The Labute approximate surface area is 136 Å². The summed E-state index contributed by atoms with van der Waals surface area (Å²) < 4.78 is 5.41. The van der Waals surface area contributed by atoms with Crippen LogP contribution in [-0.2, 0) is 11.2 Å². The summed E-state index contributed by atoms with van der Waals surface area (Å²) in [7, 11) is 0. The smallest absolute Gasteiger partial charge is 0.0761 e. The van der Waals surface area contributed by atoms with E-state index in [4.69, 9.17) is 27.9 Å². The average Bonchev–Trinajstić information content (AvgIpc) is 2.51. The van der Waals surface area contributed by atoms with Gasteiger partial charge < -0.3 is 9.84 Å². The number of halogens is 2. The first kappa shape index (κ1) is 17.0. The molecule has 21 heavy (non-hydrogen) atoms. The number of hydrogen-bond donors (Lipinski definition) is 1. The van der Waals surface area contributed by atoms with Crippen LogP contribution in [0.2, 0.25) is 10.0 Å². The Morgan fingerprint density at radius 2 is 2.00 bits per heavy atom. The molecule has 1 fully saturated rings. The maximum Gasteiger partial charge on any atom is 0.0761 e. The van der Waals surface area contributed by atoms with Gasteiger partial charge in [0.15, 0.2) is 0 Å². The molecule has 1 N–H and O–H groups in total. The van der Waals surface area contributed by atoms with Gasteiger partial charge in [0, 0.05) is 25.0 Å². The summed E-state index contributed by atoms with van der Waals surface area (Å²) in [5.74, 6) is 0. The highest BCUT2D eigenvalue weighted by atomic mass is 35.5. The van der Waals surface area contributed by atoms with Crippen LogP contribution in [0, 0.1) is 0 Å². The van der Waals surface area contributed by atoms with E-state index in [2.05, 4.69) is 18.7 Å². The maximum atomic E-state index is 10.8. The summed E-state index contributed by atoms with van der Waals surface area (Å²) in [5.41, 5.74) is 0.611. The molecule has 1 aromatic rings. The lowest BCUT2D eigenvalue weighted by atomic mass is 9.85. The minimum absolute atomic E-state index is 0.282. The van der Waals surface area contributed by atoms with Crippen LogP contribution < -0.4 is 0 Å². The van der Waals surface area contributed by atoms with Gasteiger partial charge in [0.1, 0.15) is 0 Å². The zero-order valence-electron chi connectivity index (χ0n) is 12.6. The van der Waals surface area contributed by atoms with Crippen LogP contribution in [0.25, 0.3) is 0 Å². The first-order chi connectivity index (χ1) is 9.99. The van der Waals surface area contributed by atoms with Gasteiger partial charge in [-0.1, -0.05) is 42.3 Å². The number of aliphatic hydroxyl groups is 1. The van der Waals surface area contributed by atoms with Gasteiger partial charge in [-0.2, -0.15) is 0 Å². The molecule has 0 aromatic heterocycles. The van der Waals surface area contributed by atoms with Crippen molar-refractivity contribution in [1.82, 2.24) is 4.90 Å². The Balaban J connectivity index is 2.15. The molecule has 118 valence electrons. The Bertz CT molecular complexity index is 477. The molecule has 0 saturated carbocycles. The van der Waals surface area contributed by atoms with Gasteiger partial charge in [-0.25, -0.2) is 0 Å². The summed E-state index contributed by atoms with van der Waals surface area (Å²) >= 11 is 12.3. The third kappa shape index (κ3) is 3.72. The van der Waals surface area contributed by atoms with Crippen molar-refractivity contribution in [3.8, 4) is 0 Å². The van der Waals surface area contributed by atoms with Crippen molar-refractivity contribution in [3.05, 3.63) is 33.8 Å². The highest BCUT2D eigenvalue weighted by Gasteiger charge is 2.38. The molecule has 0 bridgehead atoms. The van der Waals surface area contributed by atoms with Crippen molar-refractivity contribution in [2.24, 2.45) is 0 Å². The second-order valence-corrected chi connectivity index (χ2v) is 6.53. The summed E-state index contributed by atoms with van der Waals surface area (Å²) in [6.45, 7) is 7.37. The summed E-state index contributed by atoms with van der Waals surface area (Å²) in [6.07, 6.45) is 0.865. The number of rotatable bonds is 5. The first-order valence-electron chi connectivity index (χ1n) is 7.42. The minimum Gasteiger partial charge on any atom is -0.391 e. The lowest BCUT2D eigenvalue weighted by molar-refractivity contribution is -0.0714. The van der Waals surface area contributed by atoms with Gasteiger partial charge in [-0.05, 0) is 25.0 Å². The molecule has 2 atom stereocenters. The van der Waals surface area contributed by atoms with Gasteiger partial charge in [-0.3, -0.25) is 4.90 Å². The molecule has 0 aliphatic carbocycles. The lowest BCUT2D eigenvalue weighted by Gasteiger charge is -2.46. The van der Waals surface area contributed by atoms with E-state index < -0.39 is 6.10 Å². The Hall–Kier alpha value is -0.320. The number of nitrogens with zero attached hydrogens (tertiary/aromatic N) is 1. The van der Waals surface area contributed by atoms with E-state index in [1.807, 2.05) is 12.1 Å². The maximum absolute atomic E-state index is 10.8. The Morgan fingerprint density at radius 1 is 1.33 bits per heavy atom. The molecule has 2 unspecified atom stereocenters. The lowest BCUT2D eigenvalue weighted by Crippen LogP contribution is -2.58. The van der Waals surface area contributed by atoms with Crippen molar-refractivity contribution < 1.29 is 9.84 Å². The van der Waals surface area contributed by atoms with E-state index in [0.29, 0.717) is 16.5 Å². The number of benzene rings is 1. The number of aliphatic hydroxyl groups excluding tert-OH is 1. The van der Waals surface area contributed by atoms with E-state index >= 15 is 0 Å². The van der Waals surface area contributed by atoms with Crippen molar-refractivity contribution in [2.45, 2.75) is 38.3 Å². The molecule has 3 nitrogen and oxygen atoms in total. The molecule has 1 aliphatic rings. The van der Waals surface area contributed by atoms with Gasteiger partial charge in [-0.15, -0.1) is 0 Å². The van der Waals surface area contributed by atoms with Crippen LogP contribution in [0.15, 0.2) is 18.2 Å². The zero-order valence-corrected chi connectivity index (χ0v) is 14.1. The second kappa shape index (κ2) is 7.30. The van der Waals surface area contributed by atoms with Gasteiger partial charge in [0.05, 0.1) is 29.4 Å². The number of morpholine rings is 1. The molecule has 5 heteroatoms. The molecule has 1 heterocycles. The normalized spacial score (nSPS) is 21.0. The van der Waals surface area contributed by atoms with Crippen LogP contribution >= 0.6 is 23.2 Å². The second-order valence-electron chi connectivity index (χ2n) is 5.74. The third-order valence-electron chi connectivity index (χ3n) is 4.61. The van der Waals surface area contributed by atoms with Crippen molar-refractivity contribution in [3.63, 3.8) is 0 Å². The largest absolute Gasteiger partial charge is 0.391 e. The van der Waals surface area contributed by atoms with Crippen LogP contribution in [0.1, 0.15) is 25.8 Å². The van der Waals surface area contributed by atoms with Gasteiger partial charge >= 0.3 is 0 Å². The van der Waals surface area contributed by atoms with E-state index in [1.165, 1.54) is 0 Å². The fourth-order valence-electron chi connectivity index (χ4n) is 2.88. The molecule has 0 amide bonds. The molecular weight excluding hydrogens is 309 g/mol. The van der Waals surface area contributed by atoms with Crippen molar-refractivity contribution in [1.29, 1.82) is 0 Å². The molecular formula is C16H23Cl2NO2. The summed E-state index contributed by atoms with van der Waals surface area (Å²) in [5, 5.41) is 11.9. The zero-order chi connectivity index (χ0) is 15.5. The van der Waals surface area contributed by atoms with Gasteiger partial charge in [0.2, 0.25) is 0 Å². The molecule has 1 aromatic carbocycles. The molecule has 1 aliphatic heterocycles. The predicted octanol–water partition coefficient (Wildman–Crippen LogP) is 3.40. The fourth-order valence-corrected chi connectivity index (χ4v) is 3.28. The Morgan fingerprint density at radius 3 is 2.62 bits per heavy atom. The van der Waals surface area contributed by atoms with Gasteiger partial charge in [0.25, 0.3) is 0 Å². The topological polar surface area (TPSA) is 32.7 Å². The quantitative estimate of drug-likeness (QED) is 0.897. The predicted molar refractivity (Wildman–Crippen MR) is 87.3 cm³/mol. The monoisotopic (exact) mass is 331 g/mol. The van der Waals surface area contributed by atoms with E-state index in [-0.39, 0.29) is 5.54 Å².